The molecule has 1 aliphatic carbocycles. The molecule has 2 aromatic rings. The monoisotopic (exact) mass is 437 g/mol. The minimum atomic E-state index is -0.738. The molecule has 4 amide bonds. The van der Waals surface area contributed by atoms with Crippen LogP contribution in [-0.2, 0) is 27.4 Å². The first-order valence-electron chi connectivity index (χ1n) is 11.2. The lowest BCUT2D eigenvalue weighted by Crippen LogP contribution is -2.65. The van der Waals surface area contributed by atoms with Crippen LogP contribution in [0.2, 0.25) is 0 Å². The Labute approximate surface area is 186 Å². The Morgan fingerprint density at radius 2 is 1.88 bits per heavy atom. The Hall–Kier alpha value is -3.13. The smallest absolute Gasteiger partial charge is 0.328 e. The van der Waals surface area contributed by atoms with E-state index in [4.69, 9.17) is 9.15 Å². The number of carbonyl (C=O) groups is 3. The van der Waals surface area contributed by atoms with E-state index < -0.39 is 18.2 Å². The normalized spacial score (nSPS) is 27.2. The molecule has 4 unspecified atom stereocenters. The van der Waals surface area contributed by atoms with Gasteiger partial charge in [0.25, 0.3) is 5.91 Å². The summed E-state index contributed by atoms with van der Waals surface area (Å²) in [5.74, 6) is -0.0115. The summed E-state index contributed by atoms with van der Waals surface area (Å²) in [6.45, 7) is 0.295. The van der Waals surface area contributed by atoms with Gasteiger partial charge in [-0.05, 0) is 30.5 Å². The molecule has 5 rings (SSSR count). The van der Waals surface area contributed by atoms with E-state index in [9.17, 15) is 14.4 Å². The number of nitrogens with zero attached hydrogens (tertiary/aromatic N) is 2. The van der Waals surface area contributed by atoms with Crippen LogP contribution in [0.1, 0.15) is 37.0 Å². The number of amides is 4. The second kappa shape index (κ2) is 8.78. The fourth-order valence-electron chi connectivity index (χ4n) is 5.19. The Balaban J connectivity index is 1.36. The average Bonchev–Trinajstić information content (AvgIpc) is 3.47. The molecule has 1 aromatic heterocycles. The van der Waals surface area contributed by atoms with E-state index in [-0.39, 0.29) is 36.9 Å². The van der Waals surface area contributed by atoms with Crippen molar-refractivity contribution in [3.63, 3.8) is 0 Å². The number of rotatable bonds is 6. The van der Waals surface area contributed by atoms with Crippen LogP contribution >= 0.6 is 0 Å². The third-order valence-electron chi connectivity index (χ3n) is 6.71. The fourth-order valence-corrected chi connectivity index (χ4v) is 5.19. The Morgan fingerprint density at radius 1 is 1.06 bits per heavy atom. The molecule has 1 aromatic carbocycles. The highest BCUT2D eigenvalue weighted by atomic mass is 16.5. The summed E-state index contributed by atoms with van der Waals surface area (Å²) in [5.41, 5.74) is 0.981. The molecule has 3 fully saturated rings. The number of fused-ring (bicyclic) bond motifs is 3. The summed E-state index contributed by atoms with van der Waals surface area (Å²) < 4.78 is 11.5. The predicted molar refractivity (Wildman–Crippen MR) is 114 cm³/mol. The van der Waals surface area contributed by atoms with Crippen LogP contribution in [0.25, 0.3) is 0 Å². The molecule has 0 spiro atoms. The van der Waals surface area contributed by atoms with Gasteiger partial charge in [-0.3, -0.25) is 14.5 Å². The average molecular weight is 437 g/mol. The summed E-state index contributed by atoms with van der Waals surface area (Å²) in [5, 5.41) is 2.89. The SMILES string of the molecule is O=C(CN1C(=O)N(Cc2ccco2)C(=O)C2OC3CCCCC3C21)NCc1ccccc1. The molecule has 8 heteroatoms. The number of carbonyl (C=O) groups excluding carboxylic acids is 3. The van der Waals surface area contributed by atoms with Crippen molar-refractivity contribution in [2.75, 3.05) is 6.54 Å². The lowest BCUT2D eigenvalue weighted by atomic mass is 9.81. The highest BCUT2D eigenvalue weighted by Gasteiger charge is 2.57. The quantitative estimate of drug-likeness (QED) is 0.750. The van der Waals surface area contributed by atoms with Crippen molar-refractivity contribution in [2.24, 2.45) is 5.92 Å². The summed E-state index contributed by atoms with van der Waals surface area (Å²) in [4.78, 5) is 42.2. The summed E-state index contributed by atoms with van der Waals surface area (Å²) >= 11 is 0. The summed E-state index contributed by atoms with van der Waals surface area (Å²) in [6.07, 6.45) is 4.59. The molecule has 32 heavy (non-hydrogen) atoms. The van der Waals surface area contributed by atoms with E-state index in [0.29, 0.717) is 12.3 Å². The highest BCUT2D eigenvalue weighted by Crippen LogP contribution is 2.43. The number of furan rings is 1. The number of hydrogen-bond acceptors (Lipinski definition) is 5. The second-order valence-electron chi connectivity index (χ2n) is 8.71. The van der Waals surface area contributed by atoms with Gasteiger partial charge in [0.15, 0.2) is 6.10 Å². The largest absolute Gasteiger partial charge is 0.467 e. The Morgan fingerprint density at radius 3 is 2.66 bits per heavy atom. The molecule has 168 valence electrons. The lowest BCUT2D eigenvalue weighted by molar-refractivity contribution is -0.148. The van der Waals surface area contributed by atoms with Gasteiger partial charge in [-0.15, -0.1) is 0 Å². The van der Waals surface area contributed by atoms with Gasteiger partial charge in [0.2, 0.25) is 5.91 Å². The van der Waals surface area contributed by atoms with Gasteiger partial charge < -0.3 is 19.4 Å². The van der Waals surface area contributed by atoms with Crippen molar-refractivity contribution in [3.8, 4) is 0 Å². The highest BCUT2D eigenvalue weighted by molar-refractivity contribution is 6.01. The maximum Gasteiger partial charge on any atom is 0.328 e. The van der Waals surface area contributed by atoms with Crippen LogP contribution in [-0.4, -0.2) is 52.4 Å². The number of nitrogens with one attached hydrogen (secondary N) is 1. The van der Waals surface area contributed by atoms with Crippen LogP contribution in [0.4, 0.5) is 4.79 Å². The van der Waals surface area contributed by atoms with Crippen molar-refractivity contribution in [1.82, 2.24) is 15.1 Å². The Bertz CT molecular complexity index is 977. The van der Waals surface area contributed by atoms with Crippen LogP contribution < -0.4 is 5.32 Å². The Kier molecular flexibility index (Phi) is 5.70. The minimum Gasteiger partial charge on any atom is -0.467 e. The molecule has 4 atom stereocenters. The lowest BCUT2D eigenvalue weighted by Gasteiger charge is -2.42. The standard InChI is InChI=1S/C24H27N3O5/c28-20(25-13-16-7-2-1-3-8-16)15-26-21-18-10-4-5-11-19(18)32-22(21)23(29)27(24(26)30)14-17-9-6-12-31-17/h1-3,6-9,12,18-19,21-22H,4-5,10-11,13-15H2,(H,25,28). The van der Waals surface area contributed by atoms with Gasteiger partial charge in [-0.25, -0.2) is 4.79 Å². The molecule has 3 aliphatic rings. The zero-order valence-electron chi connectivity index (χ0n) is 17.8. The van der Waals surface area contributed by atoms with E-state index in [1.165, 1.54) is 6.26 Å². The molecule has 3 heterocycles. The van der Waals surface area contributed by atoms with E-state index >= 15 is 0 Å². The summed E-state index contributed by atoms with van der Waals surface area (Å²) in [7, 11) is 0. The van der Waals surface area contributed by atoms with Crippen LogP contribution in [0.5, 0.6) is 0 Å². The molecule has 1 saturated carbocycles. The topological polar surface area (TPSA) is 92.1 Å². The number of urea groups is 1. The van der Waals surface area contributed by atoms with E-state index in [1.54, 1.807) is 17.0 Å². The molecule has 8 nitrogen and oxygen atoms in total. The molecule has 2 aliphatic heterocycles. The molecular weight excluding hydrogens is 410 g/mol. The van der Waals surface area contributed by atoms with Crippen molar-refractivity contribution >= 4 is 17.8 Å². The molecule has 0 bridgehead atoms. The van der Waals surface area contributed by atoms with E-state index in [1.807, 2.05) is 30.3 Å². The first kappa shape index (κ1) is 20.8. The zero-order valence-corrected chi connectivity index (χ0v) is 17.8. The van der Waals surface area contributed by atoms with Gasteiger partial charge >= 0.3 is 6.03 Å². The van der Waals surface area contributed by atoms with Crippen molar-refractivity contribution < 1.29 is 23.5 Å². The minimum absolute atomic E-state index is 0.0225. The van der Waals surface area contributed by atoms with Gasteiger partial charge in [0.05, 0.1) is 25.0 Å². The second-order valence-corrected chi connectivity index (χ2v) is 8.71. The van der Waals surface area contributed by atoms with Gasteiger partial charge in [-0.1, -0.05) is 43.2 Å². The van der Waals surface area contributed by atoms with E-state index in [2.05, 4.69) is 5.32 Å². The predicted octanol–water partition coefficient (Wildman–Crippen LogP) is 2.69. The molecule has 2 saturated heterocycles. The van der Waals surface area contributed by atoms with Crippen LogP contribution in [0, 0.1) is 5.92 Å². The summed E-state index contributed by atoms with van der Waals surface area (Å²) in [6, 6.07) is 12.2. The van der Waals surface area contributed by atoms with Crippen molar-refractivity contribution in [2.45, 2.75) is 57.0 Å². The third kappa shape index (κ3) is 3.90. The van der Waals surface area contributed by atoms with Crippen LogP contribution in [0.15, 0.2) is 53.1 Å². The van der Waals surface area contributed by atoms with Gasteiger partial charge in [0.1, 0.15) is 12.3 Å². The first-order chi connectivity index (χ1) is 15.6. The maximum absolute atomic E-state index is 13.4. The number of benzene rings is 1. The van der Waals surface area contributed by atoms with Gasteiger partial charge in [0, 0.05) is 12.5 Å². The zero-order chi connectivity index (χ0) is 22.1. The number of ether oxygens (including phenoxy) is 1. The van der Waals surface area contributed by atoms with Crippen molar-refractivity contribution in [1.29, 1.82) is 0 Å². The third-order valence-corrected chi connectivity index (χ3v) is 6.71. The van der Waals surface area contributed by atoms with E-state index in [0.717, 1.165) is 36.1 Å². The first-order valence-corrected chi connectivity index (χ1v) is 11.2. The fraction of sp³-hybridized carbons (Fsp3) is 0.458. The number of hydrogen-bond donors (Lipinski definition) is 1. The maximum atomic E-state index is 13.4. The van der Waals surface area contributed by atoms with Gasteiger partial charge in [-0.2, -0.15) is 0 Å². The molecule has 0 radical (unpaired) electrons. The van der Waals surface area contributed by atoms with Crippen molar-refractivity contribution in [3.05, 3.63) is 60.1 Å². The molecular formula is C24H27N3O5. The molecule has 1 N–H and O–H groups in total. The van der Waals surface area contributed by atoms with Crippen LogP contribution in [0.3, 0.4) is 0 Å². The number of imide groups is 1.